The zero-order valence-electron chi connectivity index (χ0n) is 10.9. The first-order valence-electron chi connectivity index (χ1n) is 6.31. The average molecular weight is 272 g/mol. The maximum Gasteiger partial charge on any atom is 0.170 e. The molecule has 4 heteroatoms. The van der Waals surface area contributed by atoms with Crippen molar-refractivity contribution < 1.29 is 18.7 Å². The number of benzene rings is 2. The fraction of sp³-hybridized carbons (Fsp3) is 0.188. The Morgan fingerprint density at radius 1 is 1.25 bits per heavy atom. The molecule has 0 spiro atoms. The van der Waals surface area contributed by atoms with Crippen LogP contribution in [0.15, 0.2) is 42.5 Å². The average Bonchev–Trinajstić information content (AvgIpc) is 2.46. The summed E-state index contributed by atoms with van der Waals surface area (Å²) in [5.74, 6) is 0.474. The van der Waals surface area contributed by atoms with Crippen LogP contribution < -0.4 is 9.47 Å². The highest BCUT2D eigenvalue weighted by atomic mass is 19.1. The highest BCUT2D eigenvalue weighted by molar-refractivity contribution is 6.00. The van der Waals surface area contributed by atoms with Crippen molar-refractivity contribution >= 4 is 5.78 Å². The van der Waals surface area contributed by atoms with Crippen molar-refractivity contribution in [3.05, 3.63) is 59.4 Å². The van der Waals surface area contributed by atoms with Gasteiger partial charge in [0, 0.05) is 11.6 Å². The summed E-state index contributed by atoms with van der Waals surface area (Å²) in [5.41, 5.74) is 1.22. The number of rotatable bonds is 2. The monoisotopic (exact) mass is 272 g/mol. The summed E-state index contributed by atoms with van der Waals surface area (Å²) in [4.78, 5) is 12.1. The molecule has 3 rings (SSSR count). The zero-order chi connectivity index (χ0) is 14.1. The summed E-state index contributed by atoms with van der Waals surface area (Å²) in [7, 11) is 1.57. The van der Waals surface area contributed by atoms with Crippen molar-refractivity contribution in [3.8, 4) is 11.5 Å². The van der Waals surface area contributed by atoms with E-state index in [1.54, 1.807) is 7.11 Å². The van der Waals surface area contributed by atoms with Crippen LogP contribution in [0.1, 0.15) is 28.4 Å². The lowest BCUT2D eigenvalue weighted by atomic mass is 9.96. The maximum atomic E-state index is 13.3. The van der Waals surface area contributed by atoms with Crippen LogP contribution in [0.2, 0.25) is 0 Å². The standard InChI is InChI=1S/C16H13FO3/c1-19-14-5-3-2-4-12(14)16-9-13(18)11-7-6-10(17)8-15(11)20-16/h2-8,16H,9H2,1H3. The van der Waals surface area contributed by atoms with Gasteiger partial charge in [0.15, 0.2) is 5.78 Å². The van der Waals surface area contributed by atoms with Crippen molar-refractivity contribution in [1.29, 1.82) is 0 Å². The molecule has 0 aromatic heterocycles. The van der Waals surface area contributed by atoms with Crippen LogP contribution in [-0.2, 0) is 0 Å². The number of carbonyl (C=O) groups is 1. The predicted molar refractivity (Wildman–Crippen MR) is 71.7 cm³/mol. The van der Waals surface area contributed by atoms with Gasteiger partial charge in [-0.1, -0.05) is 18.2 Å². The first-order chi connectivity index (χ1) is 9.69. The lowest BCUT2D eigenvalue weighted by Gasteiger charge is -2.26. The van der Waals surface area contributed by atoms with Gasteiger partial charge in [-0.05, 0) is 18.2 Å². The van der Waals surface area contributed by atoms with Crippen LogP contribution in [0, 0.1) is 5.82 Å². The van der Waals surface area contributed by atoms with Crippen LogP contribution in [0.25, 0.3) is 0 Å². The van der Waals surface area contributed by atoms with E-state index in [2.05, 4.69) is 0 Å². The second-order valence-electron chi connectivity index (χ2n) is 4.62. The summed E-state index contributed by atoms with van der Waals surface area (Å²) in [6, 6.07) is 11.3. The molecule has 0 bridgehead atoms. The first-order valence-corrected chi connectivity index (χ1v) is 6.31. The number of halogens is 1. The fourth-order valence-electron chi connectivity index (χ4n) is 2.40. The quantitative estimate of drug-likeness (QED) is 0.838. The van der Waals surface area contributed by atoms with Crippen molar-refractivity contribution in [2.24, 2.45) is 0 Å². The summed E-state index contributed by atoms with van der Waals surface area (Å²) in [5, 5.41) is 0. The molecule has 0 saturated heterocycles. The van der Waals surface area contributed by atoms with Gasteiger partial charge in [-0.25, -0.2) is 4.39 Å². The molecule has 20 heavy (non-hydrogen) atoms. The second kappa shape index (κ2) is 4.96. The van der Waals surface area contributed by atoms with E-state index in [1.807, 2.05) is 24.3 Å². The van der Waals surface area contributed by atoms with Gasteiger partial charge in [0.2, 0.25) is 0 Å². The van der Waals surface area contributed by atoms with Crippen molar-refractivity contribution in [2.45, 2.75) is 12.5 Å². The molecular weight excluding hydrogens is 259 g/mol. The molecule has 1 unspecified atom stereocenters. The molecule has 102 valence electrons. The Morgan fingerprint density at radius 2 is 2.05 bits per heavy atom. The largest absolute Gasteiger partial charge is 0.496 e. The lowest BCUT2D eigenvalue weighted by Crippen LogP contribution is -2.21. The molecular formula is C16H13FO3. The number of carbonyl (C=O) groups excluding carboxylic acids is 1. The molecule has 0 aliphatic carbocycles. The molecule has 3 nitrogen and oxygen atoms in total. The highest BCUT2D eigenvalue weighted by Gasteiger charge is 2.29. The first kappa shape index (κ1) is 12.7. The van der Waals surface area contributed by atoms with Crippen LogP contribution in [0.3, 0.4) is 0 Å². The van der Waals surface area contributed by atoms with Gasteiger partial charge < -0.3 is 9.47 Å². The fourth-order valence-corrected chi connectivity index (χ4v) is 2.40. The zero-order valence-corrected chi connectivity index (χ0v) is 10.9. The minimum absolute atomic E-state index is 0.0536. The van der Waals surface area contributed by atoms with Gasteiger partial charge in [-0.3, -0.25) is 4.79 Å². The topological polar surface area (TPSA) is 35.5 Å². The van der Waals surface area contributed by atoms with E-state index < -0.39 is 11.9 Å². The third-order valence-electron chi connectivity index (χ3n) is 3.37. The van der Waals surface area contributed by atoms with Crippen molar-refractivity contribution in [2.75, 3.05) is 7.11 Å². The molecule has 1 aliphatic heterocycles. The minimum atomic E-state index is -0.451. The maximum absolute atomic E-state index is 13.3. The van der Waals surface area contributed by atoms with Crippen molar-refractivity contribution in [3.63, 3.8) is 0 Å². The lowest BCUT2D eigenvalue weighted by molar-refractivity contribution is 0.0846. The molecule has 1 aliphatic rings. The number of para-hydroxylation sites is 1. The van der Waals surface area contributed by atoms with E-state index >= 15 is 0 Å². The summed E-state index contributed by atoms with van der Waals surface area (Å²) in [6.45, 7) is 0. The third kappa shape index (κ3) is 2.13. The van der Waals surface area contributed by atoms with Gasteiger partial charge in [-0.2, -0.15) is 0 Å². The molecule has 1 heterocycles. The highest BCUT2D eigenvalue weighted by Crippen LogP contribution is 2.38. The van der Waals surface area contributed by atoms with E-state index in [1.165, 1.54) is 18.2 Å². The molecule has 0 N–H and O–H groups in total. The summed E-state index contributed by atoms with van der Waals surface area (Å²) in [6.07, 6.45) is -0.230. The Bertz CT molecular complexity index is 667. The summed E-state index contributed by atoms with van der Waals surface area (Å²) < 4.78 is 24.3. The number of ether oxygens (including phenoxy) is 2. The molecule has 0 fully saturated rings. The van der Waals surface area contributed by atoms with Gasteiger partial charge in [0.25, 0.3) is 0 Å². The summed E-state index contributed by atoms with van der Waals surface area (Å²) >= 11 is 0. The smallest absolute Gasteiger partial charge is 0.170 e. The SMILES string of the molecule is COc1ccccc1C1CC(=O)c2ccc(F)cc2O1. The van der Waals surface area contributed by atoms with Crippen LogP contribution >= 0.6 is 0 Å². The van der Waals surface area contributed by atoms with Crippen LogP contribution in [0.5, 0.6) is 11.5 Å². The molecule has 2 aromatic rings. The predicted octanol–water partition coefficient (Wildman–Crippen LogP) is 3.54. The van der Waals surface area contributed by atoms with Crippen LogP contribution in [-0.4, -0.2) is 12.9 Å². The van der Waals surface area contributed by atoms with Crippen LogP contribution in [0.4, 0.5) is 4.39 Å². The second-order valence-corrected chi connectivity index (χ2v) is 4.62. The number of hydrogen-bond donors (Lipinski definition) is 0. The number of Topliss-reactive ketones (excluding diaryl/α,β-unsaturated/α-hetero) is 1. The Kier molecular flexibility index (Phi) is 3.14. The number of ketones is 1. The molecule has 1 atom stereocenters. The molecule has 0 saturated carbocycles. The molecule has 2 aromatic carbocycles. The normalized spacial score (nSPS) is 17.3. The van der Waals surface area contributed by atoms with Gasteiger partial charge in [0.05, 0.1) is 19.1 Å². The molecule has 0 amide bonds. The van der Waals surface area contributed by atoms with E-state index in [4.69, 9.17) is 9.47 Å². The third-order valence-corrected chi connectivity index (χ3v) is 3.37. The Morgan fingerprint density at radius 3 is 2.85 bits per heavy atom. The van der Waals surface area contributed by atoms with E-state index in [-0.39, 0.29) is 18.0 Å². The van der Waals surface area contributed by atoms with E-state index in [9.17, 15) is 9.18 Å². The Hall–Kier alpha value is -2.36. The minimum Gasteiger partial charge on any atom is -0.496 e. The number of hydrogen-bond acceptors (Lipinski definition) is 3. The Balaban J connectivity index is 2.00. The molecule has 0 radical (unpaired) electrons. The Labute approximate surface area is 115 Å². The van der Waals surface area contributed by atoms with Gasteiger partial charge in [0.1, 0.15) is 23.4 Å². The van der Waals surface area contributed by atoms with Gasteiger partial charge >= 0.3 is 0 Å². The number of methoxy groups -OCH3 is 1. The number of fused-ring (bicyclic) bond motifs is 1. The van der Waals surface area contributed by atoms with Crippen molar-refractivity contribution in [1.82, 2.24) is 0 Å². The van der Waals surface area contributed by atoms with E-state index in [0.29, 0.717) is 11.3 Å². The van der Waals surface area contributed by atoms with E-state index in [0.717, 1.165) is 5.56 Å². The van der Waals surface area contributed by atoms with Gasteiger partial charge in [-0.15, -0.1) is 0 Å².